The number of hydrogen-bond donors (Lipinski definition) is 1. The summed E-state index contributed by atoms with van der Waals surface area (Å²) in [5.41, 5.74) is 6.71. The fourth-order valence-electron chi connectivity index (χ4n) is 1.05. The molecule has 0 spiro atoms. The van der Waals surface area contributed by atoms with Crippen LogP contribution >= 0.6 is 0 Å². The van der Waals surface area contributed by atoms with E-state index in [9.17, 15) is 13.0 Å². The SMILES string of the molecule is CCc1ccc(S(=O)(=O)[O-])cc1N.[Na+]. The second kappa shape index (κ2) is 5.14. The smallest absolute Gasteiger partial charge is 0.744 e. The molecule has 1 aromatic carbocycles. The molecule has 0 aliphatic rings. The zero-order chi connectivity index (χ0) is 10.1. The minimum atomic E-state index is -4.38. The fourth-order valence-corrected chi connectivity index (χ4v) is 1.56. The predicted octanol–water partition coefficient (Wildman–Crippen LogP) is -2.26. The third-order valence-electron chi connectivity index (χ3n) is 1.79. The van der Waals surface area contributed by atoms with E-state index in [1.165, 1.54) is 12.1 Å². The minimum Gasteiger partial charge on any atom is -0.744 e. The number of hydrogen-bond acceptors (Lipinski definition) is 4. The van der Waals surface area contributed by atoms with E-state index >= 15 is 0 Å². The summed E-state index contributed by atoms with van der Waals surface area (Å²) in [4.78, 5) is -0.276. The van der Waals surface area contributed by atoms with Crippen LogP contribution in [0.1, 0.15) is 12.5 Å². The zero-order valence-corrected chi connectivity index (χ0v) is 11.0. The van der Waals surface area contributed by atoms with Crippen LogP contribution in [-0.4, -0.2) is 13.0 Å². The normalized spacial score (nSPS) is 10.7. The molecule has 0 atom stereocenters. The van der Waals surface area contributed by atoms with Gasteiger partial charge in [0.15, 0.2) is 0 Å². The zero-order valence-electron chi connectivity index (χ0n) is 8.15. The molecule has 1 rings (SSSR count). The van der Waals surface area contributed by atoms with Gasteiger partial charge in [0.1, 0.15) is 10.1 Å². The summed E-state index contributed by atoms with van der Waals surface area (Å²) >= 11 is 0. The van der Waals surface area contributed by atoms with Gasteiger partial charge in [-0.3, -0.25) is 0 Å². The van der Waals surface area contributed by atoms with Crippen LogP contribution in [0, 0.1) is 0 Å². The van der Waals surface area contributed by atoms with Crippen molar-refractivity contribution >= 4 is 15.8 Å². The first-order valence-corrected chi connectivity index (χ1v) is 5.20. The third kappa shape index (κ3) is 3.25. The Morgan fingerprint density at radius 2 is 2.00 bits per heavy atom. The van der Waals surface area contributed by atoms with E-state index < -0.39 is 10.1 Å². The Kier molecular flexibility index (Phi) is 5.11. The van der Waals surface area contributed by atoms with Gasteiger partial charge in [0.2, 0.25) is 0 Å². The Morgan fingerprint density at radius 3 is 2.36 bits per heavy atom. The van der Waals surface area contributed by atoms with Crippen molar-refractivity contribution in [3.63, 3.8) is 0 Å². The molecule has 0 saturated carbocycles. The fraction of sp³-hybridized carbons (Fsp3) is 0.250. The van der Waals surface area contributed by atoms with Crippen LogP contribution in [0.4, 0.5) is 5.69 Å². The van der Waals surface area contributed by atoms with Gasteiger partial charge in [-0.1, -0.05) is 13.0 Å². The molecule has 4 nitrogen and oxygen atoms in total. The Bertz CT molecular complexity index is 417. The van der Waals surface area contributed by atoms with Gasteiger partial charge in [0.05, 0.1) is 4.90 Å². The van der Waals surface area contributed by atoms with E-state index in [0.717, 1.165) is 5.56 Å². The molecule has 2 N–H and O–H groups in total. The summed E-state index contributed by atoms with van der Waals surface area (Å²) in [6, 6.07) is 4.03. The maximum absolute atomic E-state index is 10.6. The van der Waals surface area contributed by atoms with Crippen molar-refractivity contribution < 1.29 is 42.5 Å². The number of rotatable bonds is 2. The van der Waals surface area contributed by atoms with Crippen molar-refractivity contribution in [3.05, 3.63) is 23.8 Å². The van der Waals surface area contributed by atoms with E-state index in [4.69, 9.17) is 5.73 Å². The average molecular weight is 223 g/mol. The van der Waals surface area contributed by atoms with E-state index in [0.29, 0.717) is 12.1 Å². The van der Waals surface area contributed by atoms with Gasteiger partial charge in [0.25, 0.3) is 0 Å². The van der Waals surface area contributed by atoms with Gasteiger partial charge < -0.3 is 10.3 Å². The van der Waals surface area contributed by atoms with Crippen molar-refractivity contribution in [3.8, 4) is 0 Å². The van der Waals surface area contributed by atoms with Crippen LogP contribution in [-0.2, 0) is 16.5 Å². The molecule has 14 heavy (non-hydrogen) atoms. The first-order chi connectivity index (χ1) is 5.95. The first kappa shape index (κ1) is 13.9. The van der Waals surface area contributed by atoms with Gasteiger partial charge in [-0.05, 0) is 24.1 Å². The monoisotopic (exact) mass is 223 g/mol. The maximum atomic E-state index is 10.6. The third-order valence-corrected chi connectivity index (χ3v) is 2.62. The standard InChI is InChI=1S/C8H11NO3S.Na/c1-2-6-3-4-7(5-8(6)9)13(10,11)12;/h3-5H,2,9H2,1H3,(H,10,11,12);/q;+1/p-1. The number of nitrogens with two attached hydrogens (primary N) is 1. The second-order valence-corrected chi connectivity index (χ2v) is 4.05. The largest absolute Gasteiger partial charge is 1.00 e. The molecular formula is C8H10NNaO3S. The van der Waals surface area contributed by atoms with Crippen LogP contribution in [0.3, 0.4) is 0 Å². The van der Waals surface area contributed by atoms with E-state index in [-0.39, 0.29) is 34.5 Å². The molecule has 0 heterocycles. The van der Waals surface area contributed by atoms with Crippen molar-refractivity contribution in [2.75, 3.05) is 5.73 Å². The molecule has 72 valence electrons. The molecule has 6 heteroatoms. The predicted molar refractivity (Wildman–Crippen MR) is 48.2 cm³/mol. The molecule has 0 unspecified atom stereocenters. The van der Waals surface area contributed by atoms with Gasteiger partial charge in [0, 0.05) is 5.69 Å². The summed E-state index contributed by atoms with van der Waals surface area (Å²) in [6.07, 6.45) is 0.713. The van der Waals surface area contributed by atoms with Crippen LogP contribution in [0.15, 0.2) is 23.1 Å². The van der Waals surface area contributed by atoms with Gasteiger partial charge in [-0.25, -0.2) is 8.42 Å². The van der Waals surface area contributed by atoms with Crippen molar-refractivity contribution in [1.29, 1.82) is 0 Å². The van der Waals surface area contributed by atoms with Crippen molar-refractivity contribution in [2.45, 2.75) is 18.2 Å². The van der Waals surface area contributed by atoms with Crippen LogP contribution in [0.5, 0.6) is 0 Å². The van der Waals surface area contributed by atoms with E-state index in [1.54, 1.807) is 6.07 Å². The second-order valence-electron chi connectivity index (χ2n) is 2.67. The number of nitrogen functional groups attached to an aromatic ring is 1. The summed E-state index contributed by atoms with van der Waals surface area (Å²) < 4.78 is 31.7. The summed E-state index contributed by atoms with van der Waals surface area (Å²) in [5, 5.41) is 0. The molecular weight excluding hydrogens is 213 g/mol. The number of benzene rings is 1. The summed E-state index contributed by atoms with van der Waals surface area (Å²) in [6.45, 7) is 1.90. The molecule has 0 radical (unpaired) electrons. The average Bonchev–Trinajstić information content (AvgIpc) is 2.02. The molecule has 0 aromatic heterocycles. The quantitative estimate of drug-likeness (QED) is 0.348. The van der Waals surface area contributed by atoms with Crippen LogP contribution < -0.4 is 35.3 Å². The maximum Gasteiger partial charge on any atom is 1.00 e. The van der Waals surface area contributed by atoms with Gasteiger partial charge >= 0.3 is 29.6 Å². The molecule has 0 fully saturated rings. The van der Waals surface area contributed by atoms with Crippen LogP contribution in [0.25, 0.3) is 0 Å². The van der Waals surface area contributed by atoms with Crippen molar-refractivity contribution in [2.24, 2.45) is 0 Å². The molecule has 0 amide bonds. The molecule has 0 saturated heterocycles. The molecule has 0 aliphatic carbocycles. The Labute approximate surface area is 106 Å². The Hall–Kier alpha value is -0.0700. The number of anilines is 1. The summed E-state index contributed by atoms with van der Waals surface area (Å²) in [5.74, 6) is 0. The Morgan fingerprint density at radius 1 is 1.43 bits per heavy atom. The van der Waals surface area contributed by atoms with E-state index in [1.807, 2.05) is 6.92 Å². The topological polar surface area (TPSA) is 83.2 Å². The molecule has 0 aliphatic heterocycles. The van der Waals surface area contributed by atoms with Gasteiger partial charge in [-0.15, -0.1) is 0 Å². The Balaban J connectivity index is 0.00000169. The van der Waals surface area contributed by atoms with E-state index in [2.05, 4.69) is 0 Å². The minimum absolute atomic E-state index is 0. The molecule has 1 aromatic rings. The van der Waals surface area contributed by atoms with Gasteiger partial charge in [-0.2, -0.15) is 0 Å². The van der Waals surface area contributed by atoms with Crippen LogP contribution in [0.2, 0.25) is 0 Å². The summed E-state index contributed by atoms with van der Waals surface area (Å²) in [7, 11) is -4.38. The number of aryl methyl sites for hydroxylation is 1. The first-order valence-electron chi connectivity index (χ1n) is 3.79. The molecule has 0 bridgehead atoms. The van der Waals surface area contributed by atoms with Crippen molar-refractivity contribution in [1.82, 2.24) is 0 Å².